The van der Waals surface area contributed by atoms with Gasteiger partial charge in [0.2, 0.25) is 0 Å². The molecule has 0 bridgehead atoms. The third kappa shape index (κ3) is 2.59. The van der Waals surface area contributed by atoms with E-state index in [2.05, 4.69) is 33.1 Å². The van der Waals surface area contributed by atoms with E-state index in [9.17, 15) is 4.79 Å². The van der Waals surface area contributed by atoms with Gasteiger partial charge in [0, 0.05) is 26.6 Å². The highest BCUT2D eigenvalue weighted by Gasteiger charge is 2.15. The second kappa shape index (κ2) is 5.61. The van der Waals surface area contributed by atoms with Crippen molar-refractivity contribution in [3.63, 3.8) is 0 Å². The van der Waals surface area contributed by atoms with Gasteiger partial charge in [-0.2, -0.15) is 0 Å². The molecule has 0 amide bonds. The molecule has 0 spiro atoms. The molecule has 2 aromatic rings. The summed E-state index contributed by atoms with van der Waals surface area (Å²) >= 11 is 3.59. The van der Waals surface area contributed by atoms with E-state index in [4.69, 9.17) is 4.74 Å². The lowest BCUT2D eigenvalue weighted by Gasteiger charge is -2.10. The first-order chi connectivity index (χ1) is 9.06. The number of aromatic nitrogens is 1. The van der Waals surface area contributed by atoms with Gasteiger partial charge in [-0.3, -0.25) is 0 Å². The van der Waals surface area contributed by atoms with E-state index in [1.54, 1.807) is 6.92 Å². The van der Waals surface area contributed by atoms with Gasteiger partial charge < -0.3 is 9.30 Å². The number of ether oxygens (including phenoxy) is 1. The van der Waals surface area contributed by atoms with E-state index >= 15 is 0 Å². The molecule has 0 saturated heterocycles. The van der Waals surface area contributed by atoms with Crippen LogP contribution in [0.4, 0.5) is 0 Å². The summed E-state index contributed by atoms with van der Waals surface area (Å²) in [5.41, 5.74) is 2.61. The fourth-order valence-corrected chi connectivity index (χ4v) is 2.63. The van der Waals surface area contributed by atoms with Gasteiger partial charge in [-0.15, -0.1) is 0 Å². The number of benzene rings is 1. The average molecular weight is 322 g/mol. The molecule has 19 heavy (non-hydrogen) atoms. The van der Waals surface area contributed by atoms with E-state index in [-0.39, 0.29) is 5.97 Å². The number of hydrogen-bond donors (Lipinski definition) is 0. The summed E-state index contributed by atoms with van der Waals surface area (Å²) in [5, 5.41) is 1.14. The number of fused-ring (bicyclic) bond motifs is 1. The quantitative estimate of drug-likeness (QED) is 0.633. The Bertz CT molecular complexity index is 643. The van der Waals surface area contributed by atoms with Crippen molar-refractivity contribution < 1.29 is 9.53 Å². The number of halogens is 1. The summed E-state index contributed by atoms with van der Waals surface area (Å²) in [7, 11) is 0. The molecule has 1 aromatic carbocycles. The molecular formula is C15H16BrNO2. The highest BCUT2D eigenvalue weighted by atomic mass is 79.9. The van der Waals surface area contributed by atoms with Crippen LogP contribution in [0, 0.1) is 6.92 Å². The van der Waals surface area contributed by atoms with Crippen molar-refractivity contribution in [3.8, 4) is 0 Å². The fraction of sp³-hybridized carbons (Fsp3) is 0.267. The second-order valence-corrected chi connectivity index (χ2v) is 5.12. The minimum absolute atomic E-state index is 0.337. The number of para-hydroxylation sites is 1. The number of rotatable bonds is 4. The molecule has 4 heteroatoms. The summed E-state index contributed by atoms with van der Waals surface area (Å²) in [5.74, 6) is -0.337. The summed E-state index contributed by atoms with van der Waals surface area (Å²) in [6.45, 7) is 8.43. The van der Waals surface area contributed by atoms with Crippen molar-refractivity contribution in [2.24, 2.45) is 0 Å². The van der Waals surface area contributed by atoms with Crippen LogP contribution < -0.4 is 0 Å². The van der Waals surface area contributed by atoms with Crippen LogP contribution in [0.25, 0.3) is 10.9 Å². The van der Waals surface area contributed by atoms with Gasteiger partial charge in [0.1, 0.15) is 0 Å². The molecule has 0 fully saturated rings. The van der Waals surface area contributed by atoms with Gasteiger partial charge in [-0.25, -0.2) is 4.79 Å². The maximum absolute atomic E-state index is 11.7. The molecule has 0 atom stereocenters. The Balaban J connectivity index is 2.38. The summed E-state index contributed by atoms with van der Waals surface area (Å²) in [4.78, 5) is 11.7. The van der Waals surface area contributed by atoms with Crippen molar-refractivity contribution in [3.05, 3.63) is 46.6 Å². The Morgan fingerprint density at radius 2 is 2.11 bits per heavy atom. The van der Waals surface area contributed by atoms with E-state index in [0.29, 0.717) is 18.7 Å². The van der Waals surface area contributed by atoms with Crippen molar-refractivity contribution in [2.45, 2.75) is 20.4 Å². The highest BCUT2D eigenvalue weighted by molar-refractivity contribution is 9.10. The fourth-order valence-electron chi connectivity index (χ4n) is 2.08. The third-order valence-electron chi connectivity index (χ3n) is 3.07. The summed E-state index contributed by atoms with van der Waals surface area (Å²) in [6.07, 6.45) is 0. The van der Waals surface area contributed by atoms with Crippen molar-refractivity contribution >= 4 is 32.8 Å². The molecule has 0 saturated carbocycles. The lowest BCUT2D eigenvalue weighted by atomic mass is 10.2. The molecule has 0 aliphatic carbocycles. The number of nitrogens with zero attached hydrogens (tertiary/aromatic N) is 1. The Kier molecular flexibility index (Phi) is 4.10. The van der Waals surface area contributed by atoms with E-state index < -0.39 is 0 Å². The predicted octanol–water partition coefficient (Wildman–Crippen LogP) is 3.83. The third-order valence-corrected chi connectivity index (χ3v) is 4.07. The molecule has 2 rings (SSSR count). The number of esters is 1. The maximum Gasteiger partial charge on any atom is 0.335 e. The smallest absolute Gasteiger partial charge is 0.335 e. The molecule has 0 N–H and O–H groups in total. The second-order valence-electron chi connectivity index (χ2n) is 4.33. The molecule has 0 aliphatic rings. The summed E-state index contributed by atoms with van der Waals surface area (Å²) in [6, 6.07) is 8.07. The molecule has 0 radical (unpaired) electrons. The largest absolute Gasteiger partial charge is 0.463 e. The van der Waals surface area contributed by atoms with Crippen LogP contribution in [0.1, 0.15) is 12.6 Å². The Morgan fingerprint density at radius 1 is 1.42 bits per heavy atom. The summed E-state index contributed by atoms with van der Waals surface area (Å²) < 4.78 is 8.09. The van der Waals surface area contributed by atoms with Crippen LogP contribution in [0.5, 0.6) is 0 Å². The topological polar surface area (TPSA) is 31.2 Å². The Hall–Kier alpha value is -1.55. The maximum atomic E-state index is 11.7. The SMILES string of the molecule is C=C(Cn1c(C)c(Br)c2ccccc21)C(=O)OCC. The van der Waals surface area contributed by atoms with Gasteiger partial charge >= 0.3 is 5.97 Å². The van der Waals surface area contributed by atoms with E-state index in [0.717, 1.165) is 21.1 Å². The molecule has 1 heterocycles. The average Bonchev–Trinajstić information content (AvgIpc) is 2.65. The first kappa shape index (κ1) is 13.9. The molecule has 0 unspecified atom stereocenters. The standard InChI is InChI=1S/C15H16BrNO2/c1-4-19-15(18)10(2)9-17-11(3)14(16)12-7-5-6-8-13(12)17/h5-8H,2,4,9H2,1,3H3. The number of carbonyl (C=O) groups excluding carboxylic acids is 1. The predicted molar refractivity (Wildman–Crippen MR) is 80.1 cm³/mol. The molecule has 100 valence electrons. The van der Waals surface area contributed by atoms with Crippen LogP contribution in [0.2, 0.25) is 0 Å². The van der Waals surface area contributed by atoms with E-state index in [1.165, 1.54) is 0 Å². The van der Waals surface area contributed by atoms with Gasteiger partial charge in [-0.1, -0.05) is 24.8 Å². The van der Waals surface area contributed by atoms with Crippen LogP contribution >= 0.6 is 15.9 Å². The Morgan fingerprint density at radius 3 is 2.79 bits per heavy atom. The number of carbonyl (C=O) groups is 1. The zero-order chi connectivity index (χ0) is 14.0. The monoisotopic (exact) mass is 321 g/mol. The zero-order valence-electron chi connectivity index (χ0n) is 11.1. The lowest BCUT2D eigenvalue weighted by Crippen LogP contribution is -2.13. The molecule has 3 nitrogen and oxygen atoms in total. The normalized spacial score (nSPS) is 10.7. The van der Waals surface area contributed by atoms with Crippen molar-refractivity contribution in [1.29, 1.82) is 0 Å². The van der Waals surface area contributed by atoms with Gasteiger partial charge in [0.25, 0.3) is 0 Å². The lowest BCUT2D eigenvalue weighted by molar-refractivity contribution is -0.138. The van der Waals surface area contributed by atoms with Crippen LogP contribution in [0.15, 0.2) is 40.9 Å². The first-order valence-electron chi connectivity index (χ1n) is 6.14. The minimum Gasteiger partial charge on any atom is -0.463 e. The van der Waals surface area contributed by atoms with Gasteiger partial charge in [0.15, 0.2) is 0 Å². The van der Waals surface area contributed by atoms with Crippen LogP contribution in [-0.4, -0.2) is 17.1 Å². The van der Waals surface area contributed by atoms with Crippen molar-refractivity contribution in [2.75, 3.05) is 6.61 Å². The molecule has 0 aliphatic heterocycles. The van der Waals surface area contributed by atoms with Gasteiger partial charge in [0.05, 0.1) is 13.2 Å². The van der Waals surface area contributed by atoms with Crippen LogP contribution in [-0.2, 0) is 16.1 Å². The number of hydrogen-bond acceptors (Lipinski definition) is 2. The van der Waals surface area contributed by atoms with Crippen LogP contribution in [0.3, 0.4) is 0 Å². The highest BCUT2D eigenvalue weighted by Crippen LogP contribution is 2.30. The van der Waals surface area contributed by atoms with Gasteiger partial charge in [-0.05, 0) is 35.8 Å². The van der Waals surface area contributed by atoms with E-state index in [1.807, 2.05) is 25.1 Å². The first-order valence-corrected chi connectivity index (χ1v) is 6.93. The zero-order valence-corrected chi connectivity index (χ0v) is 12.7. The molecular weight excluding hydrogens is 306 g/mol. The Labute approximate surface area is 121 Å². The molecule has 1 aromatic heterocycles. The minimum atomic E-state index is -0.337. The van der Waals surface area contributed by atoms with Crippen molar-refractivity contribution in [1.82, 2.24) is 4.57 Å².